The van der Waals surface area contributed by atoms with Crippen LogP contribution in [-0.4, -0.2) is 19.2 Å². The maximum Gasteiger partial charge on any atom is 0.331 e. The highest BCUT2D eigenvalue weighted by molar-refractivity contribution is 5.87. The zero-order valence-electron chi connectivity index (χ0n) is 10.7. The van der Waals surface area contributed by atoms with Gasteiger partial charge in [0.05, 0.1) is 5.69 Å². The predicted octanol–water partition coefficient (Wildman–Crippen LogP) is 2.58. The van der Waals surface area contributed by atoms with Crippen LogP contribution in [0.3, 0.4) is 0 Å². The van der Waals surface area contributed by atoms with Crippen molar-refractivity contribution in [1.29, 1.82) is 0 Å². The lowest BCUT2D eigenvalue weighted by Crippen LogP contribution is -2.00. The van der Waals surface area contributed by atoms with E-state index in [0.29, 0.717) is 18.0 Å². The van der Waals surface area contributed by atoms with Gasteiger partial charge in [-0.25, -0.2) is 4.79 Å². The third-order valence-corrected chi connectivity index (χ3v) is 2.15. The Morgan fingerprint density at radius 1 is 1.26 bits per heavy atom. The first-order chi connectivity index (χ1) is 9.17. The molecule has 1 aromatic rings. The molecule has 100 valence electrons. The van der Waals surface area contributed by atoms with Gasteiger partial charge in [-0.15, -0.1) is 0 Å². The zero-order valence-corrected chi connectivity index (χ0v) is 10.7. The maximum absolute atomic E-state index is 11.2. The molecule has 0 radical (unpaired) electrons. The smallest absolute Gasteiger partial charge is 0.331 e. The second-order valence-electron chi connectivity index (χ2n) is 3.65. The van der Waals surface area contributed by atoms with Crippen LogP contribution in [0.5, 0.6) is 5.75 Å². The van der Waals surface area contributed by atoms with Gasteiger partial charge >= 0.3 is 5.97 Å². The summed E-state index contributed by atoms with van der Waals surface area (Å²) in [6.07, 6.45) is 6.11. The number of carbonyl (C=O) groups is 1. The molecule has 0 aromatic heterocycles. The van der Waals surface area contributed by atoms with Crippen LogP contribution in [0.4, 0.5) is 5.69 Å². The number of esters is 1. The van der Waals surface area contributed by atoms with Gasteiger partial charge in [0, 0.05) is 6.08 Å². The second-order valence-corrected chi connectivity index (χ2v) is 3.65. The van der Waals surface area contributed by atoms with E-state index < -0.39 is 5.97 Å². The first-order valence-corrected chi connectivity index (χ1v) is 5.76. The summed E-state index contributed by atoms with van der Waals surface area (Å²) in [6, 6.07) is 5.26. The van der Waals surface area contributed by atoms with E-state index in [-0.39, 0.29) is 6.61 Å². The van der Waals surface area contributed by atoms with Gasteiger partial charge in [0.2, 0.25) is 0 Å². The number of carbonyl (C=O) groups excluding carboxylic acids is 1. The quantitative estimate of drug-likeness (QED) is 0.354. The molecule has 0 atom stereocenters. The molecule has 1 rings (SSSR count). The van der Waals surface area contributed by atoms with Gasteiger partial charge in [0.15, 0.2) is 0 Å². The van der Waals surface area contributed by atoms with Crippen LogP contribution in [0.1, 0.15) is 5.56 Å². The number of nitrogens with two attached hydrogens (primary N) is 1. The Bertz CT molecular complexity index is 492. The van der Waals surface area contributed by atoms with Crippen molar-refractivity contribution in [3.05, 3.63) is 55.1 Å². The first-order valence-electron chi connectivity index (χ1n) is 5.76. The number of anilines is 1. The van der Waals surface area contributed by atoms with Crippen LogP contribution >= 0.6 is 0 Å². The fraction of sp³-hybridized carbons (Fsp3) is 0.133. The topological polar surface area (TPSA) is 61.5 Å². The van der Waals surface area contributed by atoms with Gasteiger partial charge in [-0.05, 0) is 23.8 Å². The molecule has 0 aliphatic carbocycles. The molecule has 0 amide bonds. The van der Waals surface area contributed by atoms with E-state index >= 15 is 0 Å². The monoisotopic (exact) mass is 259 g/mol. The minimum Gasteiger partial charge on any atom is -0.487 e. The van der Waals surface area contributed by atoms with Gasteiger partial charge in [-0.1, -0.05) is 31.4 Å². The normalized spacial score (nSPS) is 10.1. The summed E-state index contributed by atoms with van der Waals surface area (Å²) in [5.74, 6) is 0.164. The van der Waals surface area contributed by atoms with E-state index in [1.807, 2.05) is 0 Å². The summed E-state index contributed by atoms with van der Waals surface area (Å²) in [5, 5.41) is 0. The summed E-state index contributed by atoms with van der Waals surface area (Å²) in [4.78, 5) is 11.2. The molecule has 4 heteroatoms. The molecule has 0 aliphatic heterocycles. The highest BCUT2D eigenvalue weighted by atomic mass is 16.5. The van der Waals surface area contributed by atoms with E-state index in [0.717, 1.165) is 5.56 Å². The molecular weight excluding hydrogens is 242 g/mol. The Kier molecular flexibility index (Phi) is 5.95. The van der Waals surface area contributed by atoms with Crippen molar-refractivity contribution in [3.63, 3.8) is 0 Å². The summed E-state index contributed by atoms with van der Waals surface area (Å²) >= 11 is 0. The molecule has 19 heavy (non-hydrogen) atoms. The molecule has 4 nitrogen and oxygen atoms in total. The first kappa shape index (κ1) is 14.6. The summed E-state index contributed by atoms with van der Waals surface area (Å²) in [6.45, 7) is 7.61. The second kappa shape index (κ2) is 7.76. The van der Waals surface area contributed by atoms with E-state index in [9.17, 15) is 4.79 Å². The van der Waals surface area contributed by atoms with Crippen molar-refractivity contribution in [1.82, 2.24) is 0 Å². The van der Waals surface area contributed by atoms with Gasteiger partial charge in [-0.2, -0.15) is 0 Å². The van der Waals surface area contributed by atoms with Crippen LogP contribution in [0.15, 0.2) is 49.6 Å². The zero-order chi connectivity index (χ0) is 14.1. The lowest BCUT2D eigenvalue weighted by Gasteiger charge is -2.07. The van der Waals surface area contributed by atoms with Crippen molar-refractivity contribution >= 4 is 17.7 Å². The van der Waals surface area contributed by atoms with Crippen molar-refractivity contribution in [2.45, 2.75) is 0 Å². The van der Waals surface area contributed by atoms with Crippen LogP contribution in [0, 0.1) is 0 Å². The highest BCUT2D eigenvalue weighted by Gasteiger charge is 2.00. The predicted molar refractivity (Wildman–Crippen MR) is 76.7 cm³/mol. The van der Waals surface area contributed by atoms with Gasteiger partial charge in [-0.3, -0.25) is 0 Å². The molecule has 0 aliphatic rings. The molecular formula is C15H17NO3. The fourth-order valence-corrected chi connectivity index (χ4v) is 1.30. The molecule has 0 spiro atoms. The summed E-state index contributed by atoms with van der Waals surface area (Å²) in [7, 11) is 0. The Morgan fingerprint density at radius 2 is 2.00 bits per heavy atom. The van der Waals surface area contributed by atoms with Crippen LogP contribution < -0.4 is 10.5 Å². The highest BCUT2D eigenvalue weighted by Crippen LogP contribution is 2.23. The molecule has 2 N–H and O–H groups in total. The largest absolute Gasteiger partial charge is 0.487 e. The maximum atomic E-state index is 11.2. The number of benzene rings is 1. The SMILES string of the molecule is C=CCOC(=O)C=Cc1ccc(OCC=C)c(N)c1. The third-order valence-electron chi connectivity index (χ3n) is 2.15. The Balaban J connectivity index is 2.67. The van der Waals surface area contributed by atoms with E-state index in [1.54, 1.807) is 30.4 Å². The minimum absolute atomic E-state index is 0.194. The molecule has 0 bridgehead atoms. The number of ether oxygens (including phenoxy) is 2. The van der Waals surface area contributed by atoms with Crippen molar-refractivity contribution < 1.29 is 14.3 Å². The summed E-state index contributed by atoms with van der Waals surface area (Å²) < 4.78 is 10.2. The molecule has 1 aromatic carbocycles. The minimum atomic E-state index is -0.426. The van der Waals surface area contributed by atoms with E-state index in [4.69, 9.17) is 15.2 Å². The van der Waals surface area contributed by atoms with Crippen molar-refractivity contribution in [2.24, 2.45) is 0 Å². The number of hydrogen-bond acceptors (Lipinski definition) is 4. The number of rotatable bonds is 7. The standard InChI is InChI=1S/C15H17NO3/c1-3-9-18-14-7-5-12(11-13(14)16)6-8-15(17)19-10-4-2/h3-8,11H,1-2,9-10,16H2. The molecule has 0 unspecified atom stereocenters. The Labute approximate surface area is 112 Å². The fourth-order valence-electron chi connectivity index (χ4n) is 1.30. The van der Waals surface area contributed by atoms with Crippen LogP contribution in [0.2, 0.25) is 0 Å². The van der Waals surface area contributed by atoms with E-state index in [1.165, 1.54) is 12.2 Å². The van der Waals surface area contributed by atoms with Crippen molar-refractivity contribution in [3.8, 4) is 5.75 Å². The lowest BCUT2D eigenvalue weighted by molar-refractivity contribution is -0.136. The Morgan fingerprint density at radius 3 is 2.63 bits per heavy atom. The molecule has 0 fully saturated rings. The molecule has 0 saturated carbocycles. The number of nitrogen functional groups attached to an aromatic ring is 1. The third kappa shape index (κ3) is 5.12. The van der Waals surface area contributed by atoms with Gasteiger partial charge in [0.25, 0.3) is 0 Å². The van der Waals surface area contributed by atoms with Gasteiger partial charge in [0.1, 0.15) is 19.0 Å². The average molecular weight is 259 g/mol. The van der Waals surface area contributed by atoms with Crippen LogP contribution in [-0.2, 0) is 9.53 Å². The molecule has 0 heterocycles. The van der Waals surface area contributed by atoms with E-state index in [2.05, 4.69) is 13.2 Å². The Hall–Kier alpha value is -2.49. The number of hydrogen-bond donors (Lipinski definition) is 1. The summed E-state index contributed by atoms with van der Waals surface area (Å²) in [5.41, 5.74) is 7.12. The van der Waals surface area contributed by atoms with Gasteiger partial charge < -0.3 is 15.2 Å². The lowest BCUT2D eigenvalue weighted by atomic mass is 10.2. The average Bonchev–Trinajstić information content (AvgIpc) is 2.41. The van der Waals surface area contributed by atoms with Crippen molar-refractivity contribution in [2.75, 3.05) is 18.9 Å². The molecule has 0 saturated heterocycles. The van der Waals surface area contributed by atoms with Crippen LogP contribution in [0.25, 0.3) is 6.08 Å².